The highest BCUT2D eigenvalue weighted by molar-refractivity contribution is 4.88. The molecule has 0 aromatic carbocycles. The van der Waals surface area contributed by atoms with Crippen LogP contribution >= 0.6 is 0 Å². The van der Waals surface area contributed by atoms with Crippen molar-refractivity contribution < 1.29 is 4.74 Å². The van der Waals surface area contributed by atoms with Gasteiger partial charge in [0, 0.05) is 13.7 Å². The maximum Gasteiger partial charge on any atom is 0.0464 e. The number of rotatable bonds is 7. The van der Waals surface area contributed by atoms with Gasteiger partial charge >= 0.3 is 0 Å². The Morgan fingerprint density at radius 2 is 1.95 bits per heavy atom. The molecule has 0 saturated heterocycles. The van der Waals surface area contributed by atoms with E-state index >= 15 is 0 Å². The quantitative estimate of drug-likeness (QED) is 0.750. The zero-order valence-electron chi connectivity index (χ0n) is 14.7. The second-order valence-corrected chi connectivity index (χ2v) is 7.87. The van der Waals surface area contributed by atoms with Crippen LogP contribution in [0.1, 0.15) is 60.3 Å². The van der Waals surface area contributed by atoms with Crippen LogP contribution in [-0.2, 0) is 4.74 Å². The molecule has 0 amide bonds. The van der Waals surface area contributed by atoms with Gasteiger partial charge in [0.2, 0.25) is 0 Å². The standard InChI is InChI=1S/C18H37NO/c1-7-19-13-15-8-9-16(18(3,4)5)12-17(15)14(2)10-11-20-6/h14-17,19H,7-13H2,1-6H3. The van der Waals surface area contributed by atoms with Gasteiger partial charge in [-0.3, -0.25) is 0 Å². The van der Waals surface area contributed by atoms with Crippen molar-refractivity contribution >= 4 is 0 Å². The summed E-state index contributed by atoms with van der Waals surface area (Å²) in [7, 11) is 1.82. The Bertz CT molecular complexity index is 259. The van der Waals surface area contributed by atoms with Crippen LogP contribution in [0.3, 0.4) is 0 Å². The van der Waals surface area contributed by atoms with Crippen LogP contribution in [0.4, 0.5) is 0 Å². The first-order valence-electron chi connectivity index (χ1n) is 8.59. The van der Waals surface area contributed by atoms with Gasteiger partial charge in [0.15, 0.2) is 0 Å². The summed E-state index contributed by atoms with van der Waals surface area (Å²) >= 11 is 0. The van der Waals surface area contributed by atoms with Gasteiger partial charge in [0.25, 0.3) is 0 Å². The molecule has 0 bridgehead atoms. The summed E-state index contributed by atoms with van der Waals surface area (Å²) in [6, 6.07) is 0. The number of ether oxygens (including phenoxy) is 1. The number of hydrogen-bond donors (Lipinski definition) is 1. The van der Waals surface area contributed by atoms with Crippen LogP contribution in [0.5, 0.6) is 0 Å². The molecule has 1 N–H and O–H groups in total. The van der Waals surface area contributed by atoms with Gasteiger partial charge in [-0.05, 0) is 67.9 Å². The van der Waals surface area contributed by atoms with Gasteiger partial charge < -0.3 is 10.1 Å². The second kappa shape index (κ2) is 8.38. The van der Waals surface area contributed by atoms with E-state index in [0.29, 0.717) is 5.41 Å². The van der Waals surface area contributed by atoms with E-state index < -0.39 is 0 Å². The molecule has 4 unspecified atom stereocenters. The molecule has 120 valence electrons. The lowest BCUT2D eigenvalue weighted by Gasteiger charge is -2.44. The van der Waals surface area contributed by atoms with Crippen molar-refractivity contribution in [2.75, 3.05) is 26.8 Å². The molecule has 2 nitrogen and oxygen atoms in total. The van der Waals surface area contributed by atoms with E-state index in [4.69, 9.17) is 4.74 Å². The van der Waals surface area contributed by atoms with E-state index in [1.165, 1.54) is 32.2 Å². The molecule has 1 saturated carbocycles. The fraction of sp³-hybridized carbons (Fsp3) is 1.00. The first kappa shape index (κ1) is 18.0. The van der Waals surface area contributed by atoms with Crippen LogP contribution in [-0.4, -0.2) is 26.8 Å². The highest BCUT2D eigenvalue weighted by atomic mass is 16.5. The average Bonchev–Trinajstić information content (AvgIpc) is 2.41. The van der Waals surface area contributed by atoms with Gasteiger partial charge in [-0.1, -0.05) is 34.6 Å². The molecule has 1 rings (SSSR count). The lowest BCUT2D eigenvalue weighted by molar-refractivity contribution is 0.0562. The molecule has 0 aromatic rings. The first-order chi connectivity index (χ1) is 9.40. The Morgan fingerprint density at radius 1 is 1.25 bits per heavy atom. The molecule has 0 spiro atoms. The molecule has 1 aliphatic rings. The summed E-state index contributed by atoms with van der Waals surface area (Å²) < 4.78 is 5.30. The minimum absolute atomic E-state index is 0.461. The van der Waals surface area contributed by atoms with Gasteiger partial charge in [-0.15, -0.1) is 0 Å². The summed E-state index contributed by atoms with van der Waals surface area (Å²) in [5.41, 5.74) is 0.461. The highest BCUT2D eigenvalue weighted by Crippen LogP contribution is 2.45. The zero-order chi connectivity index (χ0) is 15.2. The third-order valence-electron chi connectivity index (χ3n) is 5.44. The van der Waals surface area contributed by atoms with Crippen LogP contribution in [0, 0.1) is 29.1 Å². The van der Waals surface area contributed by atoms with Crippen LogP contribution in [0.25, 0.3) is 0 Å². The van der Waals surface area contributed by atoms with Gasteiger partial charge in [0.1, 0.15) is 0 Å². The number of nitrogens with one attached hydrogen (secondary N) is 1. The summed E-state index contributed by atoms with van der Waals surface area (Å²) in [4.78, 5) is 0. The third-order valence-corrected chi connectivity index (χ3v) is 5.44. The first-order valence-corrected chi connectivity index (χ1v) is 8.59. The Hall–Kier alpha value is -0.0800. The lowest BCUT2D eigenvalue weighted by atomic mass is 9.62. The molecule has 1 aliphatic carbocycles. The van der Waals surface area contributed by atoms with Crippen LogP contribution < -0.4 is 5.32 Å². The molecule has 0 aliphatic heterocycles. The van der Waals surface area contributed by atoms with Crippen LogP contribution in [0.15, 0.2) is 0 Å². The molecule has 20 heavy (non-hydrogen) atoms. The predicted octanol–water partition coefficient (Wildman–Crippen LogP) is 4.35. The smallest absolute Gasteiger partial charge is 0.0464 e. The van der Waals surface area contributed by atoms with E-state index in [9.17, 15) is 0 Å². The highest BCUT2D eigenvalue weighted by Gasteiger charge is 2.37. The summed E-state index contributed by atoms with van der Waals surface area (Å²) in [5, 5.41) is 3.58. The van der Waals surface area contributed by atoms with Crippen molar-refractivity contribution in [3.8, 4) is 0 Å². The number of methoxy groups -OCH3 is 1. The van der Waals surface area contributed by atoms with E-state index in [0.717, 1.165) is 36.8 Å². The van der Waals surface area contributed by atoms with Gasteiger partial charge in [-0.25, -0.2) is 0 Å². The molecule has 2 heteroatoms. The van der Waals surface area contributed by atoms with Crippen LogP contribution in [0.2, 0.25) is 0 Å². The van der Waals surface area contributed by atoms with Crippen molar-refractivity contribution in [3.05, 3.63) is 0 Å². The van der Waals surface area contributed by atoms with Crippen molar-refractivity contribution in [2.24, 2.45) is 29.1 Å². The minimum atomic E-state index is 0.461. The van der Waals surface area contributed by atoms with Gasteiger partial charge in [-0.2, -0.15) is 0 Å². The minimum Gasteiger partial charge on any atom is -0.385 e. The fourth-order valence-corrected chi connectivity index (χ4v) is 3.85. The second-order valence-electron chi connectivity index (χ2n) is 7.87. The van der Waals surface area contributed by atoms with Crippen molar-refractivity contribution in [3.63, 3.8) is 0 Å². The Morgan fingerprint density at radius 3 is 2.50 bits per heavy atom. The summed E-state index contributed by atoms with van der Waals surface area (Å²) in [5.74, 6) is 3.39. The van der Waals surface area contributed by atoms with E-state index in [1.807, 2.05) is 7.11 Å². The zero-order valence-corrected chi connectivity index (χ0v) is 14.7. The van der Waals surface area contributed by atoms with E-state index in [1.54, 1.807) is 0 Å². The predicted molar refractivity (Wildman–Crippen MR) is 88.0 cm³/mol. The van der Waals surface area contributed by atoms with Crippen molar-refractivity contribution in [1.82, 2.24) is 5.32 Å². The lowest BCUT2D eigenvalue weighted by Crippen LogP contribution is -2.39. The van der Waals surface area contributed by atoms with Crippen molar-refractivity contribution in [1.29, 1.82) is 0 Å². The Balaban J connectivity index is 2.66. The number of hydrogen-bond acceptors (Lipinski definition) is 2. The molecule has 1 fully saturated rings. The maximum absolute atomic E-state index is 5.30. The molecule has 0 aromatic heterocycles. The molecular weight excluding hydrogens is 246 g/mol. The Kier molecular flexibility index (Phi) is 7.53. The monoisotopic (exact) mass is 283 g/mol. The SMILES string of the molecule is CCNCC1CCC(C(C)(C)C)CC1C(C)CCOC. The summed E-state index contributed by atoms with van der Waals surface area (Å²) in [6.45, 7) is 15.1. The maximum atomic E-state index is 5.30. The Labute approximate surface area is 127 Å². The van der Waals surface area contributed by atoms with Crippen molar-refractivity contribution in [2.45, 2.75) is 60.3 Å². The van der Waals surface area contributed by atoms with Gasteiger partial charge in [0.05, 0.1) is 0 Å². The fourth-order valence-electron chi connectivity index (χ4n) is 3.85. The third kappa shape index (κ3) is 5.37. The van der Waals surface area contributed by atoms with E-state index in [2.05, 4.69) is 39.9 Å². The molecule has 0 radical (unpaired) electrons. The molecule has 4 atom stereocenters. The average molecular weight is 284 g/mol. The molecular formula is C18H37NO. The largest absolute Gasteiger partial charge is 0.385 e. The topological polar surface area (TPSA) is 21.3 Å². The summed E-state index contributed by atoms with van der Waals surface area (Å²) in [6.07, 6.45) is 5.43. The van der Waals surface area contributed by atoms with E-state index in [-0.39, 0.29) is 0 Å². The molecule has 0 heterocycles. The normalized spacial score (nSPS) is 29.4.